The number of piperidine rings is 2. The van der Waals surface area contributed by atoms with E-state index in [1.54, 1.807) is 0 Å². The van der Waals surface area contributed by atoms with E-state index in [4.69, 9.17) is 0 Å². The van der Waals surface area contributed by atoms with Crippen molar-refractivity contribution in [2.75, 3.05) is 39.4 Å². The van der Waals surface area contributed by atoms with Gasteiger partial charge in [-0.1, -0.05) is 6.42 Å². The van der Waals surface area contributed by atoms with Gasteiger partial charge in [-0.25, -0.2) is 0 Å². The number of quaternary nitrogens is 1. The Labute approximate surface area is 94.8 Å². The lowest BCUT2D eigenvalue weighted by Gasteiger charge is -2.44. The minimum absolute atomic E-state index is 1.34. The summed E-state index contributed by atoms with van der Waals surface area (Å²) in [6.07, 6.45) is 8.72. The van der Waals surface area contributed by atoms with E-state index >= 15 is 0 Å². The van der Waals surface area contributed by atoms with Gasteiger partial charge in [-0.05, 0) is 39.0 Å². The maximum Gasteiger partial charge on any atom is 0.135 e. The van der Waals surface area contributed by atoms with Gasteiger partial charge in [0.1, 0.15) is 6.67 Å². The molecule has 0 radical (unpaired) electrons. The lowest BCUT2D eigenvalue weighted by atomic mass is 10.1. The highest BCUT2D eigenvalue weighted by molar-refractivity contribution is 4.63. The van der Waals surface area contributed by atoms with Crippen molar-refractivity contribution in [2.24, 2.45) is 0 Å². The molecule has 0 amide bonds. The molecule has 0 aliphatic carbocycles. The Hall–Kier alpha value is -0.0800. The Morgan fingerprint density at radius 3 is 2.07 bits per heavy atom. The third-order valence-electron chi connectivity index (χ3n) is 4.38. The van der Waals surface area contributed by atoms with E-state index in [1.165, 1.54) is 82.4 Å². The first-order valence-corrected chi connectivity index (χ1v) is 6.92. The largest absolute Gasteiger partial charge is 0.311 e. The van der Waals surface area contributed by atoms with Gasteiger partial charge in [0.2, 0.25) is 0 Å². The normalized spacial score (nSPS) is 27.8. The summed E-state index contributed by atoms with van der Waals surface area (Å²) in [6, 6.07) is 0. The topological polar surface area (TPSA) is 3.24 Å². The number of hydrogen-bond acceptors (Lipinski definition) is 1. The summed E-state index contributed by atoms with van der Waals surface area (Å²) in [7, 11) is 0. The van der Waals surface area contributed by atoms with E-state index in [2.05, 4.69) is 11.8 Å². The van der Waals surface area contributed by atoms with Crippen LogP contribution in [0.4, 0.5) is 0 Å². The first-order chi connectivity index (χ1) is 7.35. The second-order valence-corrected chi connectivity index (χ2v) is 5.49. The molecule has 2 rings (SSSR count). The standard InChI is InChI=1S/C13H27N2/c1-2-15(11-7-4-8-12-15)13-14-9-5-3-6-10-14/h2-13H2,1H3/q+1. The predicted octanol–water partition coefficient (Wildman–Crippen LogP) is 2.45. The average Bonchev–Trinajstić information content (AvgIpc) is 2.32. The van der Waals surface area contributed by atoms with E-state index in [-0.39, 0.29) is 0 Å². The number of rotatable bonds is 3. The highest BCUT2D eigenvalue weighted by Crippen LogP contribution is 2.21. The van der Waals surface area contributed by atoms with Crippen molar-refractivity contribution in [2.45, 2.75) is 45.4 Å². The van der Waals surface area contributed by atoms with Crippen LogP contribution in [0.25, 0.3) is 0 Å². The molecule has 0 saturated carbocycles. The summed E-state index contributed by atoms with van der Waals surface area (Å²) < 4.78 is 1.39. The molecule has 0 unspecified atom stereocenters. The molecular weight excluding hydrogens is 184 g/mol. The zero-order valence-corrected chi connectivity index (χ0v) is 10.4. The van der Waals surface area contributed by atoms with Crippen molar-refractivity contribution in [3.63, 3.8) is 0 Å². The zero-order valence-electron chi connectivity index (χ0n) is 10.4. The third kappa shape index (κ3) is 2.94. The van der Waals surface area contributed by atoms with E-state index in [0.29, 0.717) is 0 Å². The molecule has 0 bridgehead atoms. The molecule has 2 aliphatic rings. The van der Waals surface area contributed by atoms with Crippen LogP contribution < -0.4 is 0 Å². The average molecular weight is 211 g/mol. The summed E-state index contributed by atoms with van der Waals surface area (Å²) >= 11 is 0. The summed E-state index contributed by atoms with van der Waals surface area (Å²) in [6.45, 7) is 10.7. The first-order valence-electron chi connectivity index (χ1n) is 6.92. The van der Waals surface area contributed by atoms with Gasteiger partial charge in [0.15, 0.2) is 0 Å². The second kappa shape index (κ2) is 5.31. The smallest absolute Gasteiger partial charge is 0.135 e. The van der Waals surface area contributed by atoms with Gasteiger partial charge in [0.05, 0.1) is 19.6 Å². The Morgan fingerprint density at radius 2 is 1.47 bits per heavy atom. The quantitative estimate of drug-likeness (QED) is 0.648. The van der Waals surface area contributed by atoms with Crippen LogP contribution in [0, 0.1) is 0 Å². The van der Waals surface area contributed by atoms with Gasteiger partial charge in [-0.3, -0.25) is 4.90 Å². The Kier molecular flexibility index (Phi) is 4.04. The van der Waals surface area contributed by atoms with Crippen LogP contribution in [0.15, 0.2) is 0 Å². The van der Waals surface area contributed by atoms with Crippen molar-refractivity contribution < 1.29 is 4.48 Å². The van der Waals surface area contributed by atoms with Crippen LogP contribution in [0.1, 0.15) is 45.4 Å². The maximum atomic E-state index is 2.72. The zero-order chi connectivity index (χ0) is 10.6. The lowest BCUT2D eigenvalue weighted by Crippen LogP contribution is -2.57. The van der Waals surface area contributed by atoms with Crippen molar-refractivity contribution in [3.8, 4) is 0 Å². The third-order valence-corrected chi connectivity index (χ3v) is 4.38. The van der Waals surface area contributed by atoms with Crippen LogP contribution in [0.5, 0.6) is 0 Å². The molecule has 15 heavy (non-hydrogen) atoms. The minimum Gasteiger partial charge on any atom is -0.311 e. The monoisotopic (exact) mass is 211 g/mol. The molecule has 0 aromatic carbocycles. The van der Waals surface area contributed by atoms with Gasteiger partial charge in [-0.2, -0.15) is 0 Å². The first kappa shape index (κ1) is 11.4. The highest BCUT2D eigenvalue weighted by Gasteiger charge is 2.30. The number of nitrogens with zero attached hydrogens (tertiary/aromatic N) is 2. The maximum absolute atomic E-state index is 2.72. The molecule has 0 spiro atoms. The fourth-order valence-electron chi connectivity index (χ4n) is 3.27. The van der Waals surface area contributed by atoms with Crippen LogP contribution >= 0.6 is 0 Å². The van der Waals surface area contributed by atoms with Gasteiger partial charge >= 0.3 is 0 Å². The molecule has 88 valence electrons. The highest BCUT2D eigenvalue weighted by atomic mass is 15.4. The Morgan fingerprint density at radius 1 is 0.867 bits per heavy atom. The molecule has 2 fully saturated rings. The summed E-state index contributed by atoms with van der Waals surface area (Å²) in [5.74, 6) is 0. The van der Waals surface area contributed by atoms with Crippen LogP contribution in [0.3, 0.4) is 0 Å². The minimum atomic E-state index is 1.34. The second-order valence-electron chi connectivity index (χ2n) is 5.49. The summed E-state index contributed by atoms with van der Waals surface area (Å²) in [4.78, 5) is 2.72. The van der Waals surface area contributed by atoms with Crippen molar-refractivity contribution >= 4 is 0 Å². The lowest BCUT2D eigenvalue weighted by molar-refractivity contribution is -0.940. The molecule has 0 atom stereocenters. The van der Waals surface area contributed by atoms with E-state index in [1.807, 2.05) is 0 Å². The number of likely N-dealkylation sites (tertiary alicyclic amines) is 2. The molecular formula is C13H27N2+. The van der Waals surface area contributed by atoms with Crippen LogP contribution in [-0.4, -0.2) is 48.8 Å². The Bertz CT molecular complexity index is 179. The van der Waals surface area contributed by atoms with E-state index in [9.17, 15) is 0 Å². The summed E-state index contributed by atoms with van der Waals surface area (Å²) in [5, 5.41) is 0. The molecule has 2 saturated heterocycles. The Balaban J connectivity index is 1.87. The molecule has 0 aromatic rings. The van der Waals surface area contributed by atoms with Crippen molar-refractivity contribution in [1.29, 1.82) is 0 Å². The molecule has 2 nitrogen and oxygen atoms in total. The molecule has 2 aliphatic heterocycles. The molecule has 2 heteroatoms. The molecule has 2 heterocycles. The van der Waals surface area contributed by atoms with Gasteiger partial charge in [0, 0.05) is 13.1 Å². The van der Waals surface area contributed by atoms with Crippen molar-refractivity contribution in [3.05, 3.63) is 0 Å². The SMILES string of the molecule is CC[N+]1(CN2CCCCC2)CCCCC1. The van der Waals surface area contributed by atoms with Crippen LogP contribution in [-0.2, 0) is 0 Å². The number of hydrogen-bond donors (Lipinski definition) is 0. The fourth-order valence-corrected chi connectivity index (χ4v) is 3.27. The summed E-state index contributed by atoms with van der Waals surface area (Å²) in [5.41, 5.74) is 0. The van der Waals surface area contributed by atoms with E-state index < -0.39 is 0 Å². The molecule has 0 aromatic heterocycles. The fraction of sp³-hybridized carbons (Fsp3) is 1.00. The van der Waals surface area contributed by atoms with Gasteiger partial charge in [-0.15, -0.1) is 0 Å². The van der Waals surface area contributed by atoms with Crippen LogP contribution in [0.2, 0.25) is 0 Å². The van der Waals surface area contributed by atoms with Gasteiger partial charge in [0.25, 0.3) is 0 Å². The molecule has 0 N–H and O–H groups in total. The predicted molar refractivity (Wildman–Crippen MR) is 64.7 cm³/mol. The van der Waals surface area contributed by atoms with Gasteiger partial charge < -0.3 is 4.48 Å². The van der Waals surface area contributed by atoms with E-state index in [0.717, 1.165) is 0 Å². The van der Waals surface area contributed by atoms with Crippen molar-refractivity contribution in [1.82, 2.24) is 4.90 Å².